The maximum Gasteiger partial charge on any atom is 0.262 e. The summed E-state index contributed by atoms with van der Waals surface area (Å²) in [4.78, 5) is 3.93. The van der Waals surface area contributed by atoms with Crippen LogP contribution in [-0.2, 0) is 10.0 Å². The lowest BCUT2D eigenvalue weighted by Crippen LogP contribution is -2.14. The van der Waals surface area contributed by atoms with Crippen LogP contribution in [0.1, 0.15) is 11.1 Å². The zero-order valence-electron chi connectivity index (χ0n) is 12.7. The van der Waals surface area contributed by atoms with Crippen LogP contribution in [0.3, 0.4) is 0 Å². The highest BCUT2D eigenvalue weighted by Gasteiger charge is 2.20. The molecule has 0 radical (unpaired) electrons. The van der Waals surface area contributed by atoms with Crippen molar-refractivity contribution < 1.29 is 12.8 Å². The molecule has 118 valence electrons. The summed E-state index contributed by atoms with van der Waals surface area (Å²) in [7, 11) is -3.85. The van der Waals surface area contributed by atoms with Gasteiger partial charge in [-0.3, -0.25) is 9.71 Å². The van der Waals surface area contributed by atoms with Gasteiger partial charge in [0.1, 0.15) is 11.3 Å². The highest BCUT2D eigenvalue weighted by Crippen LogP contribution is 2.26. The Bertz CT molecular complexity index is 1000. The Morgan fingerprint density at radius 1 is 1.09 bits per heavy atom. The minimum atomic E-state index is -3.85. The van der Waals surface area contributed by atoms with E-state index in [9.17, 15) is 12.8 Å². The Morgan fingerprint density at radius 2 is 1.87 bits per heavy atom. The van der Waals surface area contributed by atoms with Gasteiger partial charge >= 0.3 is 0 Å². The molecule has 0 saturated carbocycles. The predicted octanol–water partition coefficient (Wildman–Crippen LogP) is 3.79. The number of anilines is 1. The van der Waals surface area contributed by atoms with E-state index in [4.69, 9.17) is 0 Å². The van der Waals surface area contributed by atoms with Crippen LogP contribution in [0.5, 0.6) is 0 Å². The van der Waals surface area contributed by atoms with Crippen molar-refractivity contribution in [2.24, 2.45) is 0 Å². The van der Waals surface area contributed by atoms with Crippen molar-refractivity contribution >= 4 is 26.6 Å². The van der Waals surface area contributed by atoms with E-state index in [1.54, 1.807) is 18.2 Å². The summed E-state index contributed by atoms with van der Waals surface area (Å²) in [6.45, 7) is 3.76. The van der Waals surface area contributed by atoms with Crippen molar-refractivity contribution in [3.8, 4) is 0 Å². The number of fused-ring (bicyclic) bond motifs is 1. The molecular formula is C17H15FN2O2S. The minimum Gasteiger partial charge on any atom is -0.279 e. The van der Waals surface area contributed by atoms with Crippen LogP contribution >= 0.6 is 0 Å². The standard InChI is InChI=1S/C17H15FN2O2S/c1-11-5-7-15(12(2)10-11)20-23(21,22)16-8-6-14(18)17-13(16)4-3-9-19-17/h3-10,20H,1-2H3. The molecule has 1 aromatic heterocycles. The average molecular weight is 330 g/mol. The first-order valence-electron chi connectivity index (χ1n) is 7.02. The van der Waals surface area contributed by atoms with Gasteiger partial charge in [0.05, 0.1) is 10.6 Å². The van der Waals surface area contributed by atoms with Crippen LogP contribution < -0.4 is 4.72 Å². The van der Waals surface area contributed by atoms with Gasteiger partial charge in [-0.15, -0.1) is 0 Å². The number of hydrogen-bond donors (Lipinski definition) is 1. The molecule has 3 aromatic rings. The second-order valence-corrected chi connectivity index (χ2v) is 7.02. The van der Waals surface area contributed by atoms with Gasteiger partial charge in [-0.1, -0.05) is 17.7 Å². The van der Waals surface area contributed by atoms with Crippen LogP contribution in [0.4, 0.5) is 10.1 Å². The SMILES string of the molecule is Cc1ccc(NS(=O)(=O)c2ccc(F)c3ncccc23)c(C)c1. The van der Waals surface area contributed by atoms with Gasteiger partial charge < -0.3 is 0 Å². The summed E-state index contributed by atoms with van der Waals surface area (Å²) in [5, 5.41) is 0.254. The smallest absolute Gasteiger partial charge is 0.262 e. The van der Waals surface area contributed by atoms with E-state index in [0.717, 1.165) is 17.2 Å². The molecule has 0 amide bonds. The number of sulfonamides is 1. The number of nitrogens with one attached hydrogen (secondary N) is 1. The molecule has 23 heavy (non-hydrogen) atoms. The monoisotopic (exact) mass is 330 g/mol. The van der Waals surface area contributed by atoms with Crippen LogP contribution in [0, 0.1) is 19.7 Å². The third-order valence-electron chi connectivity index (χ3n) is 3.60. The molecule has 0 saturated heterocycles. The normalized spacial score (nSPS) is 11.6. The molecular weight excluding hydrogens is 315 g/mol. The molecule has 0 spiro atoms. The van der Waals surface area contributed by atoms with E-state index in [0.29, 0.717) is 5.69 Å². The van der Waals surface area contributed by atoms with E-state index < -0.39 is 15.8 Å². The molecule has 1 heterocycles. The van der Waals surface area contributed by atoms with Crippen molar-refractivity contribution in [1.82, 2.24) is 4.98 Å². The first-order chi connectivity index (χ1) is 10.9. The van der Waals surface area contributed by atoms with Crippen molar-refractivity contribution in [3.05, 3.63) is 65.6 Å². The number of benzene rings is 2. The van der Waals surface area contributed by atoms with Crippen molar-refractivity contribution in [2.75, 3.05) is 4.72 Å². The lowest BCUT2D eigenvalue weighted by molar-refractivity contribution is 0.601. The highest BCUT2D eigenvalue weighted by atomic mass is 32.2. The number of halogens is 1. The maximum absolute atomic E-state index is 13.8. The highest BCUT2D eigenvalue weighted by molar-refractivity contribution is 7.93. The Labute approximate surface area is 134 Å². The number of rotatable bonds is 3. The number of aromatic nitrogens is 1. The van der Waals surface area contributed by atoms with Gasteiger partial charge in [0, 0.05) is 11.6 Å². The molecule has 4 nitrogen and oxygen atoms in total. The Kier molecular flexibility index (Phi) is 3.77. The van der Waals surface area contributed by atoms with Gasteiger partial charge in [0.15, 0.2) is 0 Å². The van der Waals surface area contributed by atoms with E-state index in [1.165, 1.54) is 12.3 Å². The summed E-state index contributed by atoms with van der Waals surface area (Å²) in [5.41, 5.74) is 2.40. The molecule has 0 bridgehead atoms. The number of hydrogen-bond acceptors (Lipinski definition) is 3. The largest absolute Gasteiger partial charge is 0.279 e. The average Bonchev–Trinajstić information content (AvgIpc) is 2.50. The lowest BCUT2D eigenvalue weighted by atomic mass is 10.1. The molecule has 1 N–H and O–H groups in total. The topological polar surface area (TPSA) is 59.1 Å². The third-order valence-corrected chi connectivity index (χ3v) is 5.02. The second kappa shape index (κ2) is 5.62. The molecule has 0 aliphatic heterocycles. The molecule has 0 atom stereocenters. The van der Waals surface area contributed by atoms with Crippen molar-refractivity contribution in [3.63, 3.8) is 0 Å². The fraction of sp³-hybridized carbons (Fsp3) is 0.118. The summed E-state index contributed by atoms with van der Waals surface area (Å²) >= 11 is 0. The van der Waals surface area contributed by atoms with Gasteiger partial charge in [-0.05, 0) is 49.7 Å². The zero-order valence-corrected chi connectivity index (χ0v) is 13.5. The van der Waals surface area contributed by atoms with E-state index >= 15 is 0 Å². The molecule has 0 fully saturated rings. The van der Waals surface area contributed by atoms with E-state index in [1.807, 2.05) is 26.0 Å². The lowest BCUT2D eigenvalue weighted by Gasteiger charge is -2.13. The molecule has 0 aliphatic rings. The van der Waals surface area contributed by atoms with Crippen molar-refractivity contribution in [2.45, 2.75) is 18.7 Å². The third kappa shape index (κ3) is 2.90. The molecule has 3 rings (SSSR count). The summed E-state index contributed by atoms with van der Waals surface area (Å²) < 4.78 is 41.8. The Hall–Kier alpha value is -2.47. The van der Waals surface area contributed by atoms with Crippen LogP contribution in [0.2, 0.25) is 0 Å². The molecule has 0 aliphatic carbocycles. The van der Waals surface area contributed by atoms with Gasteiger partial charge in [0.2, 0.25) is 0 Å². The number of nitrogens with zero attached hydrogens (tertiary/aromatic N) is 1. The molecule has 6 heteroatoms. The summed E-state index contributed by atoms with van der Waals surface area (Å²) in [6, 6.07) is 10.9. The van der Waals surface area contributed by atoms with Crippen LogP contribution in [0.25, 0.3) is 10.9 Å². The maximum atomic E-state index is 13.8. The second-order valence-electron chi connectivity index (χ2n) is 5.37. The first kappa shape index (κ1) is 15.4. The van der Waals surface area contributed by atoms with Crippen LogP contribution in [0.15, 0.2) is 53.6 Å². The van der Waals surface area contributed by atoms with E-state index in [2.05, 4.69) is 9.71 Å². The fourth-order valence-electron chi connectivity index (χ4n) is 2.47. The molecule has 0 unspecified atom stereocenters. The fourth-order valence-corrected chi connectivity index (χ4v) is 3.80. The summed E-state index contributed by atoms with van der Waals surface area (Å²) in [5.74, 6) is -0.550. The Balaban J connectivity index is 2.12. The predicted molar refractivity (Wildman–Crippen MR) is 88.4 cm³/mol. The number of aryl methyl sites for hydroxylation is 2. The van der Waals surface area contributed by atoms with Crippen LogP contribution in [-0.4, -0.2) is 13.4 Å². The number of pyridine rings is 1. The van der Waals surface area contributed by atoms with Gasteiger partial charge in [-0.2, -0.15) is 0 Å². The van der Waals surface area contributed by atoms with Gasteiger partial charge in [0.25, 0.3) is 10.0 Å². The van der Waals surface area contributed by atoms with Gasteiger partial charge in [-0.25, -0.2) is 12.8 Å². The van der Waals surface area contributed by atoms with Crippen molar-refractivity contribution in [1.29, 1.82) is 0 Å². The first-order valence-corrected chi connectivity index (χ1v) is 8.50. The minimum absolute atomic E-state index is 0.00183. The Morgan fingerprint density at radius 3 is 2.61 bits per heavy atom. The summed E-state index contributed by atoms with van der Waals surface area (Å²) in [6.07, 6.45) is 1.43. The quantitative estimate of drug-likeness (QED) is 0.795. The molecule has 2 aromatic carbocycles. The van der Waals surface area contributed by atoms with E-state index in [-0.39, 0.29) is 15.8 Å². The zero-order chi connectivity index (χ0) is 16.6.